The van der Waals surface area contributed by atoms with Crippen LogP contribution in [0.2, 0.25) is 10.0 Å². The molecule has 0 saturated carbocycles. The maximum absolute atomic E-state index is 6.24. The van der Waals surface area contributed by atoms with E-state index in [9.17, 15) is 0 Å². The number of rotatable bonds is 3. The maximum Gasteiger partial charge on any atom is 0.0835 e. The Hall–Kier alpha value is -1.22. The van der Waals surface area contributed by atoms with Crippen molar-refractivity contribution in [1.29, 1.82) is 0 Å². The Balaban J connectivity index is 1.82. The molecule has 4 heteroatoms. The molecule has 0 amide bonds. The quantitative estimate of drug-likeness (QED) is 0.510. The minimum absolute atomic E-state index is 0.528. The molecule has 0 saturated heterocycles. The summed E-state index contributed by atoms with van der Waals surface area (Å²) in [6.07, 6.45) is 0. The molecule has 0 heterocycles. The normalized spacial score (nSPS) is 10.8. The lowest BCUT2D eigenvalue weighted by atomic mass is 10.1. The molecule has 0 radical (unpaired) electrons. The summed E-state index contributed by atoms with van der Waals surface area (Å²) < 4.78 is 0.797. The molecular formula is C17H12BrCl2N. The van der Waals surface area contributed by atoms with Crippen LogP contribution < -0.4 is 5.32 Å². The summed E-state index contributed by atoms with van der Waals surface area (Å²) in [5, 5.41) is 6.86. The van der Waals surface area contributed by atoms with Crippen LogP contribution in [0.15, 0.2) is 59.1 Å². The standard InChI is InChI=1S/C17H12BrCl2N/c18-14-7-8-15(17(20)16(14)19)21-10-11-5-6-12-3-1-2-4-13(12)9-11/h1-9,21H,10H2. The molecule has 0 spiro atoms. The molecule has 0 unspecified atom stereocenters. The monoisotopic (exact) mass is 379 g/mol. The first-order valence-electron chi connectivity index (χ1n) is 6.50. The molecule has 0 atom stereocenters. The average Bonchev–Trinajstić information content (AvgIpc) is 2.52. The van der Waals surface area contributed by atoms with Crippen LogP contribution in [0.4, 0.5) is 5.69 Å². The molecular weight excluding hydrogens is 369 g/mol. The highest BCUT2D eigenvalue weighted by molar-refractivity contribution is 9.10. The third kappa shape index (κ3) is 3.18. The van der Waals surface area contributed by atoms with Crippen molar-refractivity contribution >= 4 is 55.6 Å². The fraction of sp³-hybridized carbons (Fsp3) is 0.0588. The van der Waals surface area contributed by atoms with E-state index in [1.54, 1.807) is 0 Å². The summed E-state index contributed by atoms with van der Waals surface area (Å²) in [7, 11) is 0. The smallest absolute Gasteiger partial charge is 0.0835 e. The Morgan fingerprint density at radius 1 is 0.857 bits per heavy atom. The zero-order chi connectivity index (χ0) is 14.8. The van der Waals surface area contributed by atoms with Crippen molar-refractivity contribution in [1.82, 2.24) is 0 Å². The van der Waals surface area contributed by atoms with E-state index in [1.165, 1.54) is 16.3 Å². The van der Waals surface area contributed by atoms with Crippen LogP contribution in [0.1, 0.15) is 5.56 Å². The number of nitrogens with one attached hydrogen (secondary N) is 1. The molecule has 0 aliphatic rings. The van der Waals surface area contributed by atoms with E-state index >= 15 is 0 Å². The van der Waals surface area contributed by atoms with Crippen molar-refractivity contribution in [3.05, 3.63) is 74.7 Å². The largest absolute Gasteiger partial charge is 0.380 e. The maximum atomic E-state index is 6.24. The van der Waals surface area contributed by atoms with Gasteiger partial charge in [0.1, 0.15) is 0 Å². The fourth-order valence-corrected chi connectivity index (χ4v) is 3.05. The van der Waals surface area contributed by atoms with Crippen LogP contribution in [0.5, 0.6) is 0 Å². The Kier molecular flexibility index (Phi) is 4.39. The van der Waals surface area contributed by atoms with Crippen LogP contribution >= 0.6 is 39.1 Å². The van der Waals surface area contributed by atoms with Gasteiger partial charge in [0.25, 0.3) is 0 Å². The van der Waals surface area contributed by atoms with Gasteiger partial charge in [-0.25, -0.2) is 0 Å². The first kappa shape index (κ1) is 14.7. The van der Waals surface area contributed by atoms with Gasteiger partial charge in [0.05, 0.1) is 15.7 Å². The van der Waals surface area contributed by atoms with Crippen LogP contribution in [-0.2, 0) is 6.54 Å². The van der Waals surface area contributed by atoms with Crippen molar-refractivity contribution in [2.75, 3.05) is 5.32 Å². The number of halogens is 3. The highest BCUT2D eigenvalue weighted by Crippen LogP contribution is 2.36. The molecule has 0 aromatic heterocycles. The Labute approximate surface area is 142 Å². The van der Waals surface area contributed by atoms with Crippen LogP contribution in [0.25, 0.3) is 10.8 Å². The minimum Gasteiger partial charge on any atom is -0.380 e. The second-order valence-corrected chi connectivity index (χ2v) is 6.37. The van der Waals surface area contributed by atoms with Gasteiger partial charge in [-0.1, -0.05) is 59.6 Å². The second kappa shape index (κ2) is 6.27. The van der Waals surface area contributed by atoms with Crippen molar-refractivity contribution in [2.24, 2.45) is 0 Å². The second-order valence-electron chi connectivity index (χ2n) is 4.76. The Morgan fingerprint density at radius 2 is 1.62 bits per heavy atom. The van der Waals surface area contributed by atoms with E-state index < -0.39 is 0 Å². The van der Waals surface area contributed by atoms with E-state index in [2.05, 4.69) is 51.6 Å². The minimum atomic E-state index is 0.528. The number of hydrogen-bond donors (Lipinski definition) is 1. The first-order valence-corrected chi connectivity index (χ1v) is 8.05. The summed E-state index contributed by atoms with van der Waals surface area (Å²) in [5.41, 5.74) is 2.03. The summed E-state index contributed by atoms with van der Waals surface area (Å²) in [6, 6.07) is 18.5. The first-order chi connectivity index (χ1) is 10.1. The molecule has 3 aromatic carbocycles. The van der Waals surface area contributed by atoms with E-state index in [0.717, 1.165) is 10.2 Å². The lowest BCUT2D eigenvalue weighted by Crippen LogP contribution is -2.00. The van der Waals surface area contributed by atoms with Gasteiger partial charge in [0.2, 0.25) is 0 Å². The molecule has 0 aliphatic carbocycles. The SMILES string of the molecule is Clc1c(Br)ccc(NCc2ccc3ccccc3c2)c1Cl. The third-order valence-electron chi connectivity index (χ3n) is 3.33. The fourth-order valence-electron chi connectivity index (χ4n) is 2.21. The van der Waals surface area contributed by atoms with E-state index in [1.807, 2.05) is 24.3 Å². The highest BCUT2D eigenvalue weighted by atomic mass is 79.9. The number of anilines is 1. The zero-order valence-corrected chi connectivity index (χ0v) is 14.1. The van der Waals surface area contributed by atoms with Gasteiger partial charge in [0, 0.05) is 11.0 Å². The summed E-state index contributed by atoms with van der Waals surface area (Å²) >= 11 is 15.7. The third-order valence-corrected chi connectivity index (χ3v) is 5.10. The van der Waals surface area contributed by atoms with Gasteiger partial charge in [0.15, 0.2) is 0 Å². The zero-order valence-electron chi connectivity index (χ0n) is 11.0. The average molecular weight is 381 g/mol. The van der Waals surface area contributed by atoms with Crippen LogP contribution in [-0.4, -0.2) is 0 Å². The van der Waals surface area contributed by atoms with E-state index in [4.69, 9.17) is 23.2 Å². The summed E-state index contributed by atoms with van der Waals surface area (Å²) in [5.74, 6) is 0. The Morgan fingerprint density at radius 3 is 2.43 bits per heavy atom. The number of hydrogen-bond acceptors (Lipinski definition) is 1. The van der Waals surface area contributed by atoms with Crippen molar-refractivity contribution in [3.63, 3.8) is 0 Å². The topological polar surface area (TPSA) is 12.0 Å². The molecule has 106 valence electrons. The number of benzene rings is 3. The molecule has 1 N–H and O–H groups in total. The highest BCUT2D eigenvalue weighted by Gasteiger charge is 2.08. The van der Waals surface area contributed by atoms with Gasteiger partial charge in [-0.05, 0) is 50.5 Å². The van der Waals surface area contributed by atoms with Gasteiger partial charge >= 0.3 is 0 Å². The summed E-state index contributed by atoms with van der Waals surface area (Å²) in [4.78, 5) is 0. The van der Waals surface area contributed by atoms with E-state index in [0.29, 0.717) is 16.6 Å². The lowest BCUT2D eigenvalue weighted by molar-refractivity contribution is 1.15. The van der Waals surface area contributed by atoms with Gasteiger partial charge in [-0.3, -0.25) is 0 Å². The van der Waals surface area contributed by atoms with Crippen molar-refractivity contribution < 1.29 is 0 Å². The predicted molar refractivity (Wildman–Crippen MR) is 95.4 cm³/mol. The molecule has 3 rings (SSSR count). The molecule has 0 bridgehead atoms. The Bertz CT molecular complexity index is 802. The molecule has 1 nitrogen and oxygen atoms in total. The van der Waals surface area contributed by atoms with Gasteiger partial charge in [-0.2, -0.15) is 0 Å². The molecule has 3 aromatic rings. The van der Waals surface area contributed by atoms with Gasteiger partial charge < -0.3 is 5.32 Å². The van der Waals surface area contributed by atoms with Crippen LogP contribution in [0.3, 0.4) is 0 Å². The van der Waals surface area contributed by atoms with E-state index in [-0.39, 0.29) is 0 Å². The van der Waals surface area contributed by atoms with Crippen molar-refractivity contribution in [2.45, 2.75) is 6.54 Å². The lowest BCUT2D eigenvalue weighted by Gasteiger charge is -2.11. The molecule has 0 fully saturated rings. The summed E-state index contributed by atoms with van der Waals surface area (Å²) in [6.45, 7) is 0.697. The van der Waals surface area contributed by atoms with Gasteiger partial charge in [-0.15, -0.1) is 0 Å². The van der Waals surface area contributed by atoms with Crippen molar-refractivity contribution in [3.8, 4) is 0 Å². The molecule has 21 heavy (non-hydrogen) atoms. The number of fused-ring (bicyclic) bond motifs is 1. The predicted octanol–water partition coefficient (Wildman–Crippen LogP) is 6.52. The molecule has 0 aliphatic heterocycles. The van der Waals surface area contributed by atoms with Crippen LogP contribution in [0, 0.1) is 0 Å².